The first-order valence-electron chi connectivity index (χ1n) is 9.85. The van der Waals surface area contributed by atoms with E-state index in [1.165, 1.54) is 0 Å². The van der Waals surface area contributed by atoms with Gasteiger partial charge in [-0.05, 0) is 54.1 Å². The Labute approximate surface area is 172 Å². The number of likely N-dealkylation sites (N-methyl/N-ethyl adjacent to an activating group) is 1. The molecule has 4 aromatic rings. The molecule has 1 fully saturated rings. The number of nitrogens with one attached hydrogen (secondary N) is 1. The lowest BCUT2D eigenvalue weighted by molar-refractivity contribution is 0.148. The fourth-order valence-electron chi connectivity index (χ4n) is 3.96. The van der Waals surface area contributed by atoms with Gasteiger partial charge in [-0.15, -0.1) is 11.3 Å². The van der Waals surface area contributed by atoms with Crippen LogP contribution in [0.25, 0.3) is 32.5 Å². The van der Waals surface area contributed by atoms with Crippen molar-refractivity contribution in [2.75, 3.05) is 33.2 Å². The smallest absolute Gasteiger partial charge is 0.259 e. The van der Waals surface area contributed by atoms with Gasteiger partial charge in [-0.3, -0.25) is 14.7 Å². The molecule has 0 saturated carbocycles. The summed E-state index contributed by atoms with van der Waals surface area (Å²) < 4.78 is 1.13. The molecular weight excluding hydrogens is 382 g/mol. The minimum atomic E-state index is -0.111. The predicted molar refractivity (Wildman–Crippen MR) is 118 cm³/mol. The van der Waals surface area contributed by atoms with Crippen LogP contribution in [0.15, 0.2) is 40.6 Å². The van der Waals surface area contributed by atoms with Crippen molar-refractivity contribution >= 4 is 32.3 Å². The maximum atomic E-state index is 12.9. The number of hydrogen-bond donors (Lipinski definition) is 1. The largest absolute Gasteiger partial charge is 0.305 e. The zero-order valence-corrected chi connectivity index (χ0v) is 17.4. The number of fused-ring (bicyclic) bond motifs is 2. The van der Waals surface area contributed by atoms with Crippen molar-refractivity contribution < 1.29 is 0 Å². The molecule has 0 radical (unpaired) electrons. The Hall–Kier alpha value is -2.61. The number of benzene rings is 1. The van der Waals surface area contributed by atoms with Crippen LogP contribution in [0.4, 0.5) is 0 Å². The van der Waals surface area contributed by atoms with Crippen molar-refractivity contribution in [1.82, 2.24) is 24.8 Å². The molecule has 0 bridgehead atoms. The number of nitrogens with zero attached hydrogens (tertiary/aromatic N) is 4. The molecular formula is C22H23N5OS. The molecule has 0 atom stereocenters. The highest BCUT2D eigenvalue weighted by Crippen LogP contribution is 2.25. The Morgan fingerprint density at radius 2 is 2.00 bits per heavy atom. The van der Waals surface area contributed by atoms with E-state index >= 15 is 0 Å². The van der Waals surface area contributed by atoms with Crippen LogP contribution in [0, 0.1) is 6.92 Å². The number of piperazine rings is 1. The third-order valence-corrected chi connectivity index (χ3v) is 6.51. The van der Waals surface area contributed by atoms with Crippen molar-refractivity contribution in [1.29, 1.82) is 0 Å². The van der Waals surface area contributed by atoms with Crippen molar-refractivity contribution in [3.63, 3.8) is 0 Å². The van der Waals surface area contributed by atoms with E-state index in [0.29, 0.717) is 16.9 Å². The first kappa shape index (κ1) is 18.4. The maximum Gasteiger partial charge on any atom is 0.259 e. The molecule has 0 spiro atoms. The zero-order valence-electron chi connectivity index (χ0n) is 16.6. The number of hydrogen-bond acceptors (Lipinski definition) is 6. The summed E-state index contributed by atoms with van der Waals surface area (Å²) in [5.74, 6) is 0.519. The van der Waals surface area contributed by atoms with Gasteiger partial charge in [0, 0.05) is 38.9 Å². The normalized spacial score (nSPS) is 16.1. The number of aromatic amines is 1. The van der Waals surface area contributed by atoms with E-state index in [2.05, 4.69) is 38.9 Å². The number of pyridine rings is 1. The fourth-order valence-corrected chi connectivity index (χ4v) is 4.70. The second-order valence-corrected chi connectivity index (χ2v) is 8.78. The molecule has 1 N–H and O–H groups in total. The van der Waals surface area contributed by atoms with Gasteiger partial charge in [0.1, 0.15) is 5.69 Å². The van der Waals surface area contributed by atoms with Crippen molar-refractivity contribution in [2.45, 2.75) is 13.5 Å². The van der Waals surface area contributed by atoms with Crippen LogP contribution in [-0.2, 0) is 6.54 Å². The highest BCUT2D eigenvalue weighted by molar-refractivity contribution is 7.17. The average molecular weight is 406 g/mol. The van der Waals surface area contributed by atoms with Gasteiger partial charge in [0.15, 0.2) is 5.82 Å². The molecule has 5 rings (SSSR count). The lowest BCUT2D eigenvalue weighted by atomic mass is 10.1. The van der Waals surface area contributed by atoms with Gasteiger partial charge in [-0.25, -0.2) is 4.98 Å². The van der Waals surface area contributed by atoms with Crippen LogP contribution >= 0.6 is 11.3 Å². The lowest BCUT2D eigenvalue weighted by Crippen LogP contribution is -2.43. The van der Waals surface area contributed by atoms with Crippen LogP contribution < -0.4 is 5.56 Å². The predicted octanol–water partition coefficient (Wildman–Crippen LogP) is 3.26. The lowest BCUT2D eigenvalue weighted by Gasteiger charge is -2.32. The number of thiophene rings is 1. The summed E-state index contributed by atoms with van der Waals surface area (Å²) in [7, 11) is 2.16. The molecule has 6 nitrogen and oxygen atoms in total. The molecule has 3 aromatic heterocycles. The minimum absolute atomic E-state index is 0.111. The van der Waals surface area contributed by atoms with Gasteiger partial charge in [0.05, 0.1) is 15.6 Å². The Morgan fingerprint density at radius 1 is 1.17 bits per heavy atom. The summed E-state index contributed by atoms with van der Waals surface area (Å²) in [6.45, 7) is 7.17. The van der Waals surface area contributed by atoms with E-state index in [0.717, 1.165) is 59.5 Å². The molecule has 1 aliphatic rings. The van der Waals surface area contributed by atoms with Gasteiger partial charge in [-0.2, -0.15) is 0 Å². The Kier molecular flexibility index (Phi) is 4.66. The van der Waals surface area contributed by atoms with E-state index in [9.17, 15) is 4.79 Å². The highest BCUT2D eigenvalue weighted by Gasteiger charge is 2.16. The number of aryl methyl sites for hydroxylation is 1. The molecule has 29 heavy (non-hydrogen) atoms. The van der Waals surface area contributed by atoms with Gasteiger partial charge in [-0.1, -0.05) is 6.07 Å². The Balaban J connectivity index is 1.52. The SMILES string of the molecule is Cc1cc(CN2CCN(C)CC2)cc2c(=O)[nH]c(-c3cc4ccsc4cn3)nc12. The van der Waals surface area contributed by atoms with Crippen LogP contribution in [-0.4, -0.2) is 58.0 Å². The quantitative estimate of drug-likeness (QED) is 0.567. The van der Waals surface area contributed by atoms with Crippen molar-refractivity contribution in [3.8, 4) is 11.5 Å². The van der Waals surface area contributed by atoms with Crippen LogP contribution in [0.2, 0.25) is 0 Å². The molecule has 1 aromatic carbocycles. The summed E-state index contributed by atoms with van der Waals surface area (Å²) in [5, 5.41) is 3.80. The van der Waals surface area contributed by atoms with Gasteiger partial charge >= 0.3 is 0 Å². The van der Waals surface area contributed by atoms with Crippen molar-refractivity contribution in [3.05, 3.63) is 57.3 Å². The van der Waals surface area contributed by atoms with Crippen LogP contribution in [0.3, 0.4) is 0 Å². The topological polar surface area (TPSA) is 65.1 Å². The summed E-state index contributed by atoms with van der Waals surface area (Å²) in [4.78, 5) is 29.9. The van der Waals surface area contributed by atoms with Gasteiger partial charge < -0.3 is 9.88 Å². The van der Waals surface area contributed by atoms with Gasteiger partial charge in [0.2, 0.25) is 0 Å². The van der Waals surface area contributed by atoms with Gasteiger partial charge in [0.25, 0.3) is 5.56 Å². The molecule has 148 valence electrons. The third-order valence-electron chi connectivity index (χ3n) is 5.65. The maximum absolute atomic E-state index is 12.9. The third kappa shape index (κ3) is 3.57. The number of H-pyrrole nitrogens is 1. The monoisotopic (exact) mass is 405 g/mol. The van der Waals surface area contributed by atoms with E-state index in [-0.39, 0.29) is 5.56 Å². The second-order valence-electron chi connectivity index (χ2n) is 7.83. The summed E-state index contributed by atoms with van der Waals surface area (Å²) in [6.07, 6.45) is 1.84. The Bertz CT molecular complexity index is 1250. The number of aromatic nitrogens is 3. The van der Waals surface area contributed by atoms with E-state index in [1.54, 1.807) is 11.3 Å². The van der Waals surface area contributed by atoms with Crippen LogP contribution in [0.1, 0.15) is 11.1 Å². The molecule has 7 heteroatoms. The summed E-state index contributed by atoms with van der Waals surface area (Å²) in [5.41, 5.74) is 3.52. The van der Waals surface area contributed by atoms with Crippen molar-refractivity contribution in [2.24, 2.45) is 0 Å². The molecule has 0 unspecified atom stereocenters. The fraction of sp³-hybridized carbons (Fsp3) is 0.318. The standard InChI is InChI=1S/C22H23N5OS/c1-14-9-15(13-27-6-4-26(2)5-7-27)10-17-20(14)24-21(25-22(17)28)18-11-16-3-8-29-19(16)12-23-18/h3,8-12H,4-7,13H2,1-2H3,(H,24,25,28). The van der Waals surface area contributed by atoms with E-state index in [4.69, 9.17) is 4.98 Å². The molecule has 1 saturated heterocycles. The first-order valence-corrected chi connectivity index (χ1v) is 10.7. The first-order chi connectivity index (χ1) is 14.1. The van der Waals surface area contributed by atoms with E-state index in [1.807, 2.05) is 30.6 Å². The van der Waals surface area contributed by atoms with E-state index < -0.39 is 0 Å². The second kappa shape index (κ2) is 7.33. The minimum Gasteiger partial charge on any atom is -0.305 e. The Morgan fingerprint density at radius 3 is 2.83 bits per heavy atom. The molecule has 0 amide bonds. The molecule has 0 aliphatic carbocycles. The summed E-state index contributed by atoms with van der Waals surface area (Å²) in [6, 6.07) is 8.19. The number of rotatable bonds is 3. The highest BCUT2D eigenvalue weighted by atomic mass is 32.1. The van der Waals surface area contributed by atoms with Crippen LogP contribution in [0.5, 0.6) is 0 Å². The average Bonchev–Trinajstić information content (AvgIpc) is 3.18. The molecule has 4 heterocycles. The zero-order chi connectivity index (χ0) is 20.0. The molecule has 1 aliphatic heterocycles. The summed E-state index contributed by atoms with van der Waals surface area (Å²) >= 11 is 1.65.